The Hall–Kier alpha value is -11.9. The topological polar surface area (TPSA) is 308 Å². The van der Waals surface area contributed by atoms with Crippen molar-refractivity contribution in [3.05, 3.63) is 260 Å². The molecule has 12 rings (SSSR count). The minimum atomic E-state index is -1.43. The van der Waals surface area contributed by atoms with Gasteiger partial charge in [0.25, 0.3) is 5.91 Å². The third-order valence-electron chi connectivity index (χ3n) is 16.7. The first-order valence-corrected chi connectivity index (χ1v) is 47.0. The number of thioether (sulfide) groups is 5. The molecule has 628 valence electrons. The highest BCUT2D eigenvalue weighted by atomic mass is 32.2. The Morgan fingerprint density at radius 1 is 0.446 bits per heavy atom. The maximum absolute atomic E-state index is 12.8. The van der Waals surface area contributed by atoms with Crippen LogP contribution < -0.4 is 34.7 Å². The van der Waals surface area contributed by atoms with Gasteiger partial charge >= 0.3 is 23.9 Å². The lowest BCUT2D eigenvalue weighted by Gasteiger charge is -2.28. The molecule has 121 heavy (non-hydrogen) atoms. The van der Waals surface area contributed by atoms with Crippen molar-refractivity contribution in [1.82, 2.24) is 40.2 Å². The largest absolute Gasteiger partial charge is 0.478 e. The van der Waals surface area contributed by atoms with E-state index in [9.17, 15) is 24.0 Å². The van der Waals surface area contributed by atoms with E-state index >= 15 is 0 Å². The van der Waals surface area contributed by atoms with E-state index in [1.54, 1.807) is 129 Å². The second-order valence-electron chi connectivity index (χ2n) is 27.9. The monoisotopic (exact) mass is 1740 g/mol. The molecule has 0 saturated heterocycles. The van der Waals surface area contributed by atoms with Crippen molar-refractivity contribution < 1.29 is 67.0 Å². The number of fused-ring (bicyclic) bond motifs is 5. The van der Waals surface area contributed by atoms with Gasteiger partial charge in [-0.25, -0.2) is 19.2 Å². The summed E-state index contributed by atoms with van der Waals surface area (Å²) < 4.78 is 42.4. The van der Waals surface area contributed by atoms with Gasteiger partial charge in [-0.1, -0.05) is 81.6 Å². The van der Waals surface area contributed by atoms with Gasteiger partial charge in [-0.05, 0) is 221 Å². The molecule has 7 heterocycles. The summed E-state index contributed by atoms with van der Waals surface area (Å²) in [5, 5.41) is 16.5. The number of hydrogen-bond donors (Lipinski definition) is 3. The van der Waals surface area contributed by atoms with Gasteiger partial charge in [0, 0.05) is 81.4 Å². The van der Waals surface area contributed by atoms with Gasteiger partial charge < -0.3 is 54.1 Å². The van der Waals surface area contributed by atoms with Crippen LogP contribution in [0, 0.1) is 23.8 Å². The number of carboxylic acid groups (broad SMARTS) is 1. The minimum absolute atomic E-state index is 0.207. The Morgan fingerprint density at radius 3 is 1.05 bits per heavy atom. The van der Waals surface area contributed by atoms with Crippen LogP contribution in [0.4, 0.5) is 0 Å². The third-order valence-corrected chi connectivity index (χ3v) is 21.2. The number of methoxy groups -OCH3 is 3. The summed E-state index contributed by atoms with van der Waals surface area (Å²) in [5.41, 5.74) is 14.9. The number of aliphatic carboxylic acids is 1. The molecule has 0 saturated carbocycles. The number of benzene rings is 5. The maximum atomic E-state index is 12.8. The van der Waals surface area contributed by atoms with Gasteiger partial charge in [-0.15, -0.1) is 70.8 Å². The molecule has 0 bridgehead atoms. The molecule has 7 aromatic heterocycles. The van der Waals surface area contributed by atoms with Crippen LogP contribution in [0.1, 0.15) is 66.9 Å². The molecule has 0 fully saturated rings. The van der Waals surface area contributed by atoms with Crippen LogP contribution >= 0.6 is 58.8 Å². The van der Waals surface area contributed by atoms with Gasteiger partial charge in [0.1, 0.15) is 36.8 Å². The fourth-order valence-corrected chi connectivity index (χ4v) is 13.4. The first-order valence-electron chi connectivity index (χ1n) is 37.1. The van der Waals surface area contributed by atoms with Crippen molar-refractivity contribution in [1.29, 1.82) is 0 Å². The van der Waals surface area contributed by atoms with Crippen LogP contribution in [0.25, 0.3) is 72.7 Å². The number of nitrogens with zero attached hydrogens (tertiary/aromatic N) is 7. The summed E-state index contributed by atoms with van der Waals surface area (Å²) in [6.45, 7) is 25.5. The highest BCUT2D eigenvalue weighted by molar-refractivity contribution is 8.00. The molecular formula is C92H97N9O14S5Si. The van der Waals surface area contributed by atoms with Crippen LogP contribution in [0.15, 0.2) is 221 Å². The molecule has 29 heteroatoms. The van der Waals surface area contributed by atoms with E-state index in [0.717, 1.165) is 99.9 Å². The van der Waals surface area contributed by atoms with E-state index in [-0.39, 0.29) is 11.4 Å². The van der Waals surface area contributed by atoms with E-state index in [2.05, 4.69) is 106 Å². The molecule has 0 radical (unpaired) electrons. The van der Waals surface area contributed by atoms with Crippen LogP contribution in [0.3, 0.4) is 0 Å². The number of carbonyl (C=O) groups is 5. The number of rotatable bonds is 26. The summed E-state index contributed by atoms with van der Waals surface area (Å²) in [6, 6.07) is 48.4. The molecule has 12 aromatic rings. The number of aromatic nitrogens is 7. The predicted molar refractivity (Wildman–Crippen MR) is 497 cm³/mol. The number of pyridine rings is 7. The highest BCUT2D eigenvalue weighted by Gasteiger charge is 2.30. The lowest BCUT2D eigenvalue weighted by molar-refractivity contribution is -0.145. The third kappa shape index (κ3) is 30.1. The van der Waals surface area contributed by atoms with Gasteiger partial charge in [-0.3, -0.25) is 39.7 Å². The summed E-state index contributed by atoms with van der Waals surface area (Å²) >= 11 is 6.30. The van der Waals surface area contributed by atoms with Crippen molar-refractivity contribution in [2.45, 2.75) is 85.6 Å². The molecule has 23 nitrogen and oxygen atoms in total. The summed E-state index contributed by atoms with van der Waals surface area (Å²) in [5.74, 6) is 6.20. The number of carbonyl (C=O) groups excluding carboxylic acids is 4. The van der Waals surface area contributed by atoms with Crippen molar-refractivity contribution in [3.8, 4) is 52.6 Å². The van der Waals surface area contributed by atoms with Crippen LogP contribution in [0.2, 0.25) is 19.6 Å². The first-order chi connectivity index (χ1) is 57.8. The summed E-state index contributed by atoms with van der Waals surface area (Å²) in [4.78, 5) is 88.6. The van der Waals surface area contributed by atoms with E-state index in [1.807, 2.05) is 149 Å². The molecule has 5 aromatic carbocycles. The fraction of sp³-hybridized carbons (Fsp3) is 0.239. The number of nitrogens with two attached hydrogens (primary N) is 1. The molecule has 0 aliphatic carbocycles. The van der Waals surface area contributed by atoms with Crippen LogP contribution in [0.5, 0.6) is 28.7 Å². The van der Waals surface area contributed by atoms with Crippen molar-refractivity contribution in [2.75, 3.05) is 52.6 Å². The standard InChI is InChI=1S/C22H23N3O2S.C18H21NO3SSi.C15H15NO3S.C15H13NO3S.C14H13NO3S.C8H12N2/c1-5-15-12-16-13-17(9-10-18(16)24-14-15)27-21(28-4)20(26)25-22(2,3)19-8-6-7-11-23-19;1-21-17(20)18(23-2)22-15-6-7-16-14(11-15)10-13(12-19-16)8-9-24(3,4)5;2*1-4-10-7-11-8-12(5-6-13(11)16-9-10)19-15(20-3)14(17)18-2;1-3-9-6-10-7-11(4-5-12(10)15-8-9)18-14(19-2)13(16)17;1-8(2,9)7-5-3-4-6-10-7/h5-14,21H,1H2,2-4H3,(H,25,26);6-7,10-12,18H,1-5H3;4-9,15H,1H2,2-3H3;1,5-9,15H,2-3H3;3-8,14H,1H2,2H3,(H,16,17);3-6H,9H2,1-2H3. The average molecular weight is 1740 g/mol. The molecule has 5 unspecified atom stereocenters. The Balaban J connectivity index is 0.000000204. The lowest BCUT2D eigenvalue weighted by Crippen LogP contribution is -2.47. The SMILES string of the molecule is C#Cc1cnc2ccc(OC(SC)C(=O)OC)cc2c1.C=Cc1cnc2ccc(OC(SC)C(=O)NC(C)(C)c3ccccn3)cc2c1.C=Cc1cnc2ccc(OC(SC)C(=O)O)cc2c1.C=Cc1cnc2ccc(OC(SC)C(=O)OC)cc2c1.CC(C)(N)c1ccccn1.COC(=O)C(Oc1ccc2ncc(C#C[Si](C)(C)C)cc2c1)SC. The molecule has 0 spiro atoms. The Labute approximate surface area is 728 Å². The van der Waals surface area contributed by atoms with Gasteiger partial charge in [0.15, 0.2) is 0 Å². The van der Waals surface area contributed by atoms with E-state index < -0.39 is 64.7 Å². The quantitative estimate of drug-likeness (QED) is 0.0149. The average Bonchev–Trinajstić information content (AvgIpc) is 0.905. The van der Waals surface area contributed by atoms with E-state index in [0.29, 0.717) is 34.3 Å². The number of carboxylic acids is 1. The highest BCUT2D eigenvalue weighted by Crippen LogP contribution is 2.31. The van der Waals surface area contributed by atoms with Gasteiger partial charge in [0.05, 0.1) is 71.4 Å². The van der Waals surface area contributed by atoms with Crippen molar-refractivity contribution >= 4 is 169 Å². The molecule has 0 aliphatic heterocycles. The smallest absolute Gasteiger partial charge is 0.357 e. The number of terminal acetylenes is 1. The lowest BCUT2D eigenvalue weighted by atomic mass is 10.00. The molecule has 1 amide bonds. The second-order valence-corrected chi connectivity index (χ2v) is 37.1. The maximum Gasteiger partial charge on any atom is 0.357 e. The minimum Gasteiger partial charge on any atom is -0.478 e. The Morgan fingerprint density at radius 2 is 0.760 bits per heavy atom. The molecule has 0 aliphatic rings. The molecular weight excluding hydrogens is 1640 g/mol. The number of amides is 1. The van der Waals surface area contributed by atoms with Crippen LogP contribution in [-0.2, 0) is 49.3 Å². The van der Waals surface area contributed by atoms with Gasteiger partial charge in [-0.2, -0.15) is 0 Å². The van der Waals surface area contributed by atoms with Crippen molar-refractivity contribution in [3.63, 3.8) is 0 Å². The predicted octanol–water partition coefficient (Wildman–Crippen LogP) is 18.0. The van der Waals surface area contributed by atoms with Crippen LogP contribution in [-0.4, -0.2) is 158 Å². The normalized spacial score (nSPS) is 12.0. The number of esters is 3. The summed E-state index contributed by atoms with van der Waals surface area (Å²) in [7, 11) is 2.59. The molecule has 4 N–H and O–H groups in total. The van der Waals surface area contributed by atoms with Crippen molar-refractivity contribution in [2.24, 2.45) is 5.73 Å². The zero-order valence-corrected chi connectivity index (χ0v) is 75.0. The fourth-order valence-electron chi connectivity index (χ4n) is 10.5. The first kappa shape index (κ1) is 96.2. The Kier molecular flexibility index (Phi) is 37.5. The molecule has 5 atom stereocenters. The Bertz CT molecular complexity index is 5690. The summed E-state index contributed by atoms with van der Waals surface area (Å²) in [6.07, 6.45) is 31.6. The second kappa shape index (κ2) is 47.2. The van der Waals surface area contributed by atoms with Gasteiger partial charge in [0.2, 0.25) is 27.2 Å². The van der Waals surface area contributed by atoms with E-state index in [1.165, 1.54) is 68.4 Å². The zero-order valence-electron chi connectivity index (χ0n) is 69.9. The number of ether oxygens (including phenoxy) is 8. The zero-order chi connectivity index (χ0) is 88.4. The van der Waals surface area contributed by atoms with E-state index in [4.69, 9.17) is 45.7 Å². The number of hydrogen-bond acceptors (Lipinski definition) is 26. The number of nitrogens with one attached hydrogen (secondary N) is 1.